The lowest BCUT2D eigenvalue weighted by atomic mass is 10.2. The molecule has 0 spiro atoms. The van der Waals surface area contributed by atoms with Crippen LogP contribution in [0.1, 0.15) is 37.0 Å². The van der Waals surface area contributed by atoms with Gasteiger partial charge >= 0.3 is 0 Å². The fourth-order valence-electron chi connectivity index (χ4n) is 7.83. The summed E-state index contributed by atoms with van der Waals surface area (Å²) in [6.07, 6.45) is -0.302. The van der Waals surface area contributed by atoms with Gasteiger partial charge in [0.2, 0.25) is 18.0 Å². The van der Waals surface area contributed by atoms with Crippen LogP contribution in [0.15, 0.2) is 164 Å². The van der Waals surface area contributed by atoms with E-state index in [9.17, 15) is 19.2 Å². The third-order valence-corrected chi connectivity index (χ3v) is 14.1. The summed E-state index contributed by atoms with van der Waals surface area (Å²) in [6.45, 7) is 9.10. The number of ether oxygens (including phenoxy) is 1. The van der Waals surface area contributed by atoms with E-state index in [1.54, 1.807) is 66.7 Å². The highest BCUT2D eigenvalue weighted by atomic mass is 35.5. The summed E-state index contributed by atoms with van der Waals surface area (Å²) >= 11 is 50.6. The third-order valence-electron chi connectivity index (χ3n) is 11.8. The molecule has 0 radical (unpaired) electrons. The Labute approximate surface area is 511 Å². The van der Waals surface area contributed by atoms with Gasteiger partial charge in [-0.3, -0.25) is 30.0 Å². The molecule has 17 nitrogen and oxygen atoms in total. The molecule has 2 aliphatic heterocycles. The molecule has 2 fully saturated rings. The van der Waals surface area contributed by atoms with Gasteiger partial charge < -0.3 is 15.4 Å². The molecule has 4 N–H and O–H groups in total. The maximum absolute atomic E-state index is 13.7. The van der Waals surface area contributed by atoms with Crippen LogP contribution in [0, 0.1) is 20.8 Å². The Morgan fingerprint density at radius 1 is 0.549 bits per heavy atom. The largest absolute Gasteiger partial charge is 0.481 e. The number of aryl methyl sites for hydroxylation is 3. The zero-order valence-corrected chi connectivity index (χ0v) is 49.8. The molecule has 82 heavy (non-hydrogen) atoms. The van der Waals surface area contributed by atoms with Crippen LogP contribution in [0.3, 0.4) is 0 Å². The molecule has 2 saturated heterocycles. The summed E-state index contributed by atoms with van der Waals surface area (Å²) in [4.78, 5) is 61.0. The molecular formula is C57H46Cl8N12O5. The first kappa shape index (κ1) is 60.8. The number of carbonyl (C=O) groups is 4. The Balaban J connectivity index is 0.000000221. The van der Waals surface area contributed by atoms with Gasteiger partial charge in [0.15, 0.2) is 17.8 Å². The molecule has 2 heterocycles. The Morgan fingerprint density at radius 2 is 0.976 bits per heavy atom. The van der Waals surface area contributed by atoms with Crippen molar-refractivity contribution >= 4 is 174 Å². The van der Waals surface area contributed by atoms with E-state index in [2.05, 4.69) is 51.9 Å². The van der Waals surface area contributed by atoms with Gasteiger partial charge in [-0.1, -0.05) is 147 Å². The number of aliphatic imine (C=N–C) groups is 2. The quantitative estimate of drug-likeness (QED) is 0.0774. The van der Waals surface area contributed by atoms with Crippen molar-refractivity contribution < 1.29 is 23.9 Å². The molecule has 4 amide bonds. The summed E-state index contributed by atoms with van der Waals surface area (Å²) in [6, 6.07) is 35.2. The molecule has 25 heteroatoms. The second-order valence-corrected chi connectivity index (χ2v) is 21.6. The minimum absolute atomic E-state index is 0.0996. The minimum Gasteiger partial charge on any atom is -0.481 e. The predicted molar refractivity (Wildman–Crippen MR) is 329 cm³/mol. The molecule has 7 aromatic carbocycles. The highest BCUT2D eigenvalue weighted by Crippen LogP contribution is 2.40. The van der Waals surface area contributed by atoms with Crippen molar-refractivity contribution in [3.63, 3.8) is 0 Å². The van der Waals surface area contributed by atoms with Crippen LogP contribution in [0.2, 0.25) is 40.2 Å². The second-order valence-electron chi connectivity index (χ2n) is 18.2. The molecule has 0 aromatic heterocycles. The van der Waals surface area contributed by atoms with E-state index in [0.717, 1.165) is 26.7 Å². The molecule has 7 aromatic rings. The number of nitrogens with one attached hydrogen (secondary N) is 4. The molecule has 0 saturated carbocycles. The summed E-state index contributed by atoms with van der Waals surface area (Å²) in [5, 5.41) is 26.6. The Morgan fingerprint density at radius 3 is 1.38 bits per heavy atom. The van der Waals surface area contributed by atoms with Crippen LogP contribution in [0.4, 0.5) is 45.5 Å². The van der Waals surface area contributed by atoms with Gasteiger partial charge in [0.05, 0.1) is 52.9 Å². The van der Waals surface area contributed by atoms with Crippen molar-refractivity contribution in [1.29, 1.82) is 0 Å². The number of hydrazine groups is 2. The van der Waals surface area contributed by atoms with E-state index >= 15 is 0 Å². The van der Waals surface area contributed by atoms with Crippen molar-refractivity contribution in [1.82, 2.24) is 10.9 Å². The average molecular weight is 1260 g/mol. The first-order valence-corrected chi connectivity index (χ1v) is 27.7. The van der Waals surface area contributed by atoms with E-state index in [0.29, 0.717) is 55.7 Å². The van der Waals surface area contributed by atoms with E-state index in [1.165, 1.54) is 31.2 Å². The number of azo groups is 2. The number of hydrogen-bond acceptors (Lipinski definition) is 11. The zero-order chi connectivity index (χ0) is 58.9. The molecule has 0 aliphatic carbocycles. The second kappa shape index (κ2) is 27.2. The van der Waals surface area contributed by atoms with Gasteiger partial charge in [0.1, 0.15) is 17.1 Å². The predicted octanol–water partition coefficient (Wildman–Crippen LogP) is 16.7. The molecule has 420 valence electrons. The van der Waals surface area contributed by atoms with E-state index < -0.39 is 30.0 Å². The van der Waals surface area contributed by atoms with Crippen LogP contribution in [0.25, 0.3) is 0 Å². The number of carbonyl (C=O) groups excluding carboxylic acids is 4. The van der Waals surface area contributed by atoms with Crippen LogP contribution in [-0.2, 0) is 19.2 Å². The lowest BCUT2D eigenvalue weighted by molar-refractivity contribution is -0.123. The Kier molecular flexibility index (Phi) is 20.1. The summed E-state index contributed by atoms with van der Waals surface area (Å²) in [5.41, 5.74) is 11.9. The van der Waals surface area contributed by atoms with Crippen LogP contribution >= 0.6 is 92.8 Å². The van der Waals surface area contributed by atoms with Crippen molar-refractivity contribution in [2.45, 2.75) is 59.2 Å². The molecular weight excluding hydrogens is 1220 g/mol. The lowest BCUT2D eigenvalue weighted by Crippen LogP contribution is -2.36. The Hall–Kier alpha value is -7.32. The van der Waals surface area contributed by atoms with Gasteiger partial charge in [-0.2, -0.15) is 20.5 Å². The fraction of sp³-hybridized carbons (Fsp3) is 0.158. The smallest absolute Gasteiger partial charge is 0.280 e. The molecule has 9 rings (SSSR count). The van der Waals surface area contributed by atoms with Crippen molar-refractivity contribution in [3.8, 4) is 5.75 Å². The minimum atomic E-state index is -1.20. The topological polar surface area (TPSA) is 206 Å². The van der Waals surface area contributed by atoms with Gasteiger partial charge in [-0.15, -0.1) is 0 Å². The number of halogens is 8. The molecule has 3 atom stereocenters. The number of amides is 4. The molecule has 3 unspecified atom stereocenters. The number of hydrogen-bond donors (Lipinski definition) is 4. The zero-order valence-electron chi connectivity index (χ0n) is 43.8. The van der Waals surface area contributed by atoms with Crippen molar-refractivity contribution in [2.75, 3.05) is 20.7 Å². The number of rotatable bonds is 14. The number of anilines is 4. The highest BCUT2D eigenvalue weighted by Gasteiger charge is 2.42. The third kappa shape index (κ3) is 15.2. The van der Waals surface area contributed by atoms with E-state index in [1.807, 2.05) is 70.2 Å². The standard InChI is InChI=1S/C33H28Cl4N6O3.C24H18Cl4N6O2/c1-4-28(46-23-7-5-6-19(3)14-23)32(44)38-22-12-13-24(35)27(17-22)39-31-29(41-40-21-10-8-18(2)9-11-21)33(45)43(42-31)30-25(36)15-20(34)16-26(30)37;1-12-3-5-15(6-4-12)31-32-21-23(30-20-11-16(29-13(2)35)7-8-17(20)26)33-34(24(21)36)22-18(27)9-14(25)10-19(22)28/h5-17,28-29H,4H2,1-3H3,(H,38,44)(H,39,42);3-11,21H,1-2H3,(H,29,35)(H,30,33). The Bertz CT molecular complexity index is 3690. The first-order chi connectivity index (χ1) is 39.1. The van der Waals surface area contributed by atoms with E-state index in [4.69, 9.17) is 97.5 Å². The molecule has 2 aliphatic rings. The summed E-state index contributed by atoms with van der Waals surface area (Å²) < 4.78 is 5.94. The number of benzene rings is 7. The normalized spacial score (nSPS) is 16.4. The van der Waals surface area contributed by atoms with Gasteiger partial charge in [-0.25, -0.2) is 20.0 Å². The van der Waals surface area contributed by atoms with E-state index in [-0.39, 0.29) is 65.7 Å². The van der Waals surface area contributed by atoms with Crippen molar-refractivity contribution in [3.05, 3.63) is 190 Å². The summed E-state index contributed by atoms with van der Waals surface area (Å²) in [5.74, 6) is -0.846. The van der Waals surface area contributed by atoms with Crippen LogP contribution in [-0.4, -0.2) is 53.5 Å². The highest BCUT2D eigenvalue weighted by molar-refractivity contribution is 6.44. The summed E-state index contributed by atoms with van der Waals surface area (Å²) in [7, 11) is 0. The van der Waals surface area contributed by atoms with Gasteiger partial charge in [0.25, 0.3) is 17.7 Å². The van der Waals surface area contributed by atoms with Gasteiger partial charge in [-0.05, 0) is 130 Å². The number of nitrogens with zero attached hydrogens (tertiary/aromatic N) is 8. The van der Waals surface area contributed by atoms with Crippen molar-refractivity contribution in [2.24, 2.45) is 30.4 Å². The fourth-order valence-corrected chi connectivity index (χ4v) is 10.1. The SMILES string of the molecule is CC(=O)Nc1ccc(Cl)c(N=C2NN(c3c(Cl)cc(Cl)cc3Cl)C(=O)C2N=Nc2ccc(C)cc2)c1.CCC(Oc1cccc(C)c1)C(=O)Nc1ccc(Cl)c(N=C2NN(c3c(Cl)cc(Cl)cc3Cl)C(=O)C2N=Nc2ccc(C)cc2)c1. The molecule has 0 bridgehead atoms. The van der Waals surface area contributed by atoms with Crippen LogP contribution in [0.5, 0.6) is 5.75 Å². The van der Waals surface area contributed by atoms with Crippen LogP contribution < -0.4 is 36.2 Å². The lowest BCUT2D eigenvalue weighted by Gasteiger charge is -2.19. The maximum Gasteiger partial charge on any atom is 0.280 e. The number of amidine groups is 2. The maximum atomic E-state index is 13.7. The average Bonchev–Trinajstić information content (AvgIpc) is 3.50. The van der Waals surface area contributed by atoms with Gasteiger partial charge in [0, 0.05) is 28.3 Å². The first-order valence-electron chi connectivity index (χ1n) is 24.7. The monoisotopic (exact) mass is 1260 g/mol.